The first-order valence-electron chi connectivity index (χ1n) is 17.5. The molecule has 266 valence electrons. The Labute approximate surface area is 303 Å². The molecule has 0 radical (unpaired) electrons. The molecule has 3 N–H and O–H groups in total. The number of piperidine rings is 2. The van der Waals surface area contributed by atoms with Gasteiger partial charge in [-0.15, -0.1) is 11.3 Å². The van der Waals surface area contributed by atoms with E-state index in [2.05, 4.69) is 32.0 Å². The van der Waals surface area contributed by atoms with Gasteiger partial charge in [0.15, 0.2) is 5.65 Å². The van der Waals surface area contributed by atoms with E-state index in [1.807, 2.05) is 35.4 Å². The topological polar surface area (TPSA) is 150 Å². The predicted octanol–water partition coefficient (Wildman–Crippen LogP) is 4.36. The molecule has 0 aliphatic carbocycles. The van der Waals surface area contributed by atoms with Gasteiger partial charge >= 0.3 is 0 Å². The van der Waals surface area contributed by atoms with Crippen molar-refractivity contribution in [1.29, 1.82) is 0 Å². The second-order valence-electron chi connectivity index (χ2n) is 13.9. The molecule has 0 unspecified atom stereocenters. The van der Waals surface area contributed by atoms with Crippen LogP contribution in [0.4, 0.5) is 0 Å². The minimum Gasteiger partial charge on any atom is -0.508 e. The third-order valence-corrected chi connectivity index (χ3v) is 11.5. The van der Waals surface area contributed by atoms with E-state index in [9.17, 15) is 24.6 Å². The lowest BCUT2D eigenvalue weighted by Crippen LogP contribution is -2.53. The number of likely N-dealkylation sites (tertiary alicyclic amines) is 2. The molecule has 6 aromatic rings. The standard InChI is InChI=1S/C39H39N7O5S/c47-29-8-4-7-28(19-29)46-16-12-32-35(46)42-25-45(38(32)50)24-39(51)13-17-44(18-14-39)37(49)31-11-15-43(23-33(31)26-5-2-1-3-6-26)22-30-21-41-36(52-30)27-9-10-34(48)40-20-27/h1-10,12,16,19-21,25,31,33,47,51H,11,13-15,17-18,22-24H2,(H,40,48)/t31-,33+/m1/s1. The molecule has 2 aromatic carbocycles. The van der Waals surface area contributed by atoms with Crippen LogP contribution in [0.1, 0.15) is 35.6 Å². The van der Waals surface area contributed by atoms with Crippen molar-refractivity contribution in [2.45, 2.75) is 43.9 Å². The number of fused-ring (bicyclic) bond motifs is 1. The normalized spacial score (nSPS) is 19.2. The highest BCUT2D eigenvalue weighted by Crippen LogP contribution is 2.37. The number of rotatable bonds is 8. The van der Waals surface area contributed by atoms with E-state index in [0.717, 1.165) is 40.6 Å². The van der Waals surface area contributed by atoms with Crippen LogP contribution in [0.15, 0.2) is 107 Å². The third-order valence-electron chi connectivity index (χ3n) is 10.5. The first-order chi connectivity index (χ1) is 25.2. The molecular formula is C39H39N7O5S. The lowest BCUT2D eigenvalue weighted by Gasteiger charge is -2.43. The predicted molar refractivity (Wildman–Crippen MR) is 198 cm³/mol. The quantitative estimate of drug-likeness (QED) is 0.210. The van der Waals surface area contributed by atoms with Crippen LogP contribution in [0.2, 0.25) is 0 Å². The number of H-pyrrole nitrogens is 1. The van der Waals surface area contributed by atoms with Gasteiger partial charge in [0.05, 0.1) is 23.2 Å². The Bertz CT molecular complexity index is 2320. The number of pyridine rings is 1. The zero-order valence-electron chi connectivity index (χ0n) is 28.5. The van der Waals surface area contributed by atoms with Crippen molar-refractivity contribution in [1.82, 2.24) is 33.9 Å². The summed E-state index contributed by atoms with van der Waals surface area (Å²) in [6.07, 6.45) is 8.21. The fraction of sp³-hybridized carbons (Fsp3) is 0.308. The Morgan fingerprint density at radius 2 is 1.81 bits per heavy atom. The molecule has 2 atom stereocenters. The molecule has 2 fully saturated rings. The van der Waals surface area contributed by atoms with Crippen molar-refractivity contribution >= 4 is 28.3 Å². The van der Waals surface area contributed by atoms with Gasteiger partial charge in [-0.05, 0) is 55.6 Å². The van der Waals surface area contributed by atoms with Gasteiger partial charge in [0.1, 0.15) is 17.1 Å². The number of amides is 1. The van der Waals surface area contributed by atoms with Crippen LogP contribution < -0.4 is 11.1 Å². The van der Waals surface area contributed by atoms with E-state index in [0.29, 0.717) is 49.1 Å². The average Bonchev–Trinajstić information content (AvgIpc) is 3.82. The number of benzene rings is 2. The smallest absolute Gasteiger partial charge is 0.262 e. The summed E-state index contributed by atoms with van der Waals surface area (Å²) >= 11 is 1.61. The van der Waals surface area contributed by atoms with Crippen molar-refractivity contribution in [3.8, 4) is 22.0 Å². The fourth-order valence-corrected chi connectivity index (χ4v) is 8.60. The molecule has 6 heterocycles. The van der Waals surface area contributed by atoms with E-state index in [1.54, 1.807) is 58.6 Å². The van der Waals surface area contributed by atoms with Crippen LogP contribution in [0, 0.1) is 5.92 Å². The van der Waals surface area contributed by atoms with Gasteiger partial charge in [-0.3, -0.25) is 23.9 Å². The van der Waals surface area contributed by atoms with Crippen LogP contribution in [-0.4, -0.2) is 81.8 Å². The number of phenols is 1. The zero-order valence-corrected chi connectivity index (χ0v) is 29.3. The summed E-state index contributed by atoms with van der Waals surface area (Å²) in [6, 6.07) is 22.0. The second kappa shape index (κ2) is 14.0. The second-order valence-corrected chi connectivity index (χ2v) is 15.0. The number of aromatic amines is 1. The highest BCUT2D eigenvalue weighted by molar-refractivity contribution is 7.15. The number of thiazole rings is 1. The number of phenolic OH excluding ortho intramolecular Hbond substituents is 1. The summed E-state index contributed by atoms with van der Waals surface area (Å²) in [4.78, 5) is 56.4. The highest BCUT2D eigenvalue weighted by Gasteiger charge is 2.41. The van der Waals surface area contributed by atoms with Crippen LogP contribution in [0.3, 0.4) is 0 Å². The molecule has 52 heavy (non-hydrogen) atoms. The zero-order chi connectivity index (χ0) is 35.8. The number of hydrogen-bond acceptors (Lipinski definition) is 9. The maximum atomic E-state index is 14.2. The number of carbonyl (C=O) groups excluding carboxylic acids is 1. The molecule has 2 saturated heterocycles. The number of aromatic nitrogens is 5. The summed E-state index contributed by atoms with van der Waals surface area (Å²) < 4.78 is 3.21. The molecule has 0 spiro atoms. The number of aromatic hydroxyl groups is 1. The average molecular weight is 718 g/mol. The summed E-state index contributed by atoms with van der Waals surface area (Å²) in [5.74, 6) is 0.0562. The van der Waals surface area contributed by atoms with E-state index in [4.69, 9.17) is 0 Å². The first kappa shape index (κ1) is 33.8. The molecule has 2 aliphatic heterocycles. The Balaban J connectivity index is 0.930. The Kier molecular flexibility index (Phi) is 9.08. The summed E-state index contributed by atoms with van der Waals surface area (Å²) in [6.45, 7) is 3.13. The molecular weight excluding hydrogens is 679 g/mol. The molecule has 0 bridgehead atoms. The number of carbonyl (C=O) groups is 1. The highest BCUT2D eigenvalue weighted by atomic mass is 32.1. The molecule has 8 rings (SSSR count). The molecule has 0 saturated carbocycles. The summed E-state index contributed by atoms with van der Waals surface area (Å²) in [7, 11) is 0. The Hall–Kier alpha value is -5.37. The molecule has 1 amide bonds. The lowest BCUT2D eigenvalue weighted by molar-refractivity contribution is -0.142. The van der Waals surface area contributed by atoms with Gasteiger partial charge in [0.2, 0.25) is 11.5 Å². The van der Waals surface area contributed by atoms with Crippen LogP contribution in [-0.2, 0) is 17.9 Å². The summed E-state index contributed by atoms with van der Waals surface area (Å²) in [5, 5.41) is 22.8. The van der Waals surface area contributed by atoms with Gasteiger partial charge in [0, 0.05) is 79.2 Å². The maximum Gasteiger partial charge on any atom is 0.262 e. The van der Waals surface area contributed by atoms with Crippen molar-refractivity contribution in [3.05, 3.63) is 129 Å². The van der Waals surface area contributed by atoms with Crippen molar-refractivity contribution in [2.24, 2.45) is 5.92 Å². The number of nitrogens with zero attached hydrogens (tertiary/aromatic N) is 6. The van der Waals surface area contributed by atoms with Gasteiger partial charge in [-0.2, -0.15) is 0 Å². The van der Waals surface area contributed by atoms with Crippen LogP contribution in [0.25, 0.3) is 27.3 Å². The first-order valence-corrected chi connectivity index (χ1v) is 18.3. The maximum absolute atomic E-state index is 14.2. The van der Waals surface area contributed by atoms with Gasteiger partial charge < -0.3 is 24.7 Å². The monoisotopic (exact) mass is 717 g/mol. The number of hydrogen-bond donors (Lipinski definition) is 3. The minimum absolute atomic E-state index is 0.0124. The van der Waals surface area contributed by atoms with E-state index in [1.165, 1.54) is 17.0 Å². The summed E-state index contributed by atoms with van der Waals surface area (Å²) in [5.41, 5.74) is 1.62. The van der Waals surface area contributed by atoms with E-state index in [-0.39, 0.29) is 41.2 Å². The molecule has 12 nitrogen and oxygen atoms in total. The Morgan fingerprint density at radius 3 is 2.58 bits per heavy atom. The Morgan fingerprint density at radius 1 is 0.981 bits per heavy atom. The van der Waals surface area contributed by atoms with Crippen molar-refractivity contribution < 1.29 is 15.0 Å². The van der Waals surface area contributed by atoms with E-state index >= 15 is 0 Å². The lowest BCUT2D eigenvalue weighted by atomic mass is 9.79. The SMILES string of the molecule is O=C([C@@H]1CCN(Cc2cnc(-c3ccc(=O)[nH]c3)s2)C[C@H]1c1ccccc1)N1CCC(O)(Cn2cnc3c(ccn3-c3cccc(O)c3)c2=O)CC1. The van der Waals surface area contributed by atoms with E-state index < -0.39 is 5.60 Å². The van der Waals surface area contributed by atoms with Gasteiger partial charge in [-0.25, -0.2) is 9.97 Å². The van der Waals surface area contributed by atoms with Gasteiger partial charge in [0.25, 0.3) is 5.56 Å². The fourth-order valence-electron chi connectivity index (χ4n) is 7.65. The third kappa shape index (κ3) is 6.82. The minimum atomic E-state index is -1.16. The number of aliphatic hydroxyl groups is 1. The van der Waals surface area contributed by atoms with Crippen molar-refractivity contribution in [3.63, 3.8) is 0 Å². The van der Waals surface area contributed by atoms with Gasteiger partial charge in [-0.1, -0.05) is 36.4 Å². The molecule has 2 aliphatic rings. The van der Waals surface area contributed by atoms with Crippen LogP contribution >= 0.6 is 11.3 Å². The molecule has 13 heteroatoms. The molecule has 4 aromatic heterocycles. The number of nitrogens with one attached hydrogen (secondary N) is 1. The van der Waals surface area contributed by atoms with Crippen molar-refractivity contribution in [2.75, 3.05) is 26.2 Å². The largest absolute Gasteiger partial charge is 0.508 e. The van der Waals surface area contributed by atoms with Crippen LogP contribution in [0.5, 0.6) is 5.75 Å².